The van der Waals surface area contributed by atoms with Crippen LogP contribution in [-0.2, 0) is 4.43 Å². The van der Waals surface area contributed by atoms with Crippen LogP contribution < -0.4 is 10.4 Å². The van der Waals surface area contributed by atoms with Gasteiger partial charge in [-0.3, -0.25) is 0 Å². The maximum atomic E-state index is 9.36. The third-order valence-corrected chi connectivity index (χ3v) is 10.8. The fraction of sp³-hybridized carbons (Fsp3) is 0.360. The van der Waals surface area contributed by atoms with E-state index in [-0.39, 0.29) is 17.7 Å². The van der Waals surface area contributed by atoms with Crippen LogP contribution in [0.1, 0.15) is 40.0 Å². The van der Waals surface area contributed by atoms with Gasteiger partial charge in [-0.1, -0.05) is 99.7 Å². The third-order valence-electron chi connectivity index (χ3n) is 5.79. The highest BCUT2D eigenvalue weighted by Gasteiger charge is 2.51. The first-order valence-corrected chi connectivity index (χ1v) is 12.0. The lowest BCUT2D eigenvalue weighted by Gasteiger charge is -2.46. The van der Waals surface area contributed by atoms with Crippen molar-refractivity contribution in [3.63, 3.8) is 0 Å². The van der Waals surface area contributed by atoms with Crippen molar-refractivity contribution in [2.45, 2.75) is 51.2 Å². The van der Waals surface area contributed by atoms with Crippen LogP contribution >= 0.6 is 0 Å². The maximum Gasteiger partial charge on any atom is 0.261 e. The number of benzene rings is 2. The van der Waals surface area contributed by atoms with E-state index in [2.05, 4.69) is 88.0 Å². The van der Waals surface area contributed by atoms with Crippen LogP contribution in [-0.4, -0.2) is 26.1 Å². The minimum absolute atomic E-state index is 0.0159. The van der Waals surface area contributed by atoms with Gasteiger partial charge in [0, 0.05) is 0 Å². The molecule has 1 aliphatic carbocycles. The Labute approximate surface area is 170 Å². The summed E-state index contributed by atoms with van der Waals surface area (Å²) >= 11 is 0. The molecule has 0 heterocycles. The van der Waals surface area contributed by atoms with Crippen LogP contribution in [0.3, 0.4) is 0 Å². The van der Waals surface area contributed by atoms with Crippen LogP contribution in [0.25, 0.3) is 0 Å². The van der Waals surface area contributed by atoms with E-state index in [1.54, 1.807) is 0 Å². The molecule has 2 aromatic rings. The summed E-state index contributed by atoms with van der Waals surface area (Å²) in [5, 5.41) is 11.9. The Morgan fingerprint density at radius 3 is 2.00 bits per heavy atom. The van der Waals surface area contributed by atoms with Crippen molar-refractivity contribution in [3.8, 4) is 0 Å². The monoisotopic (exact) mass is 392 g/mol. The first-order valence-electron chi connectivity index (χ1n) is 10.1. The molecule has 3 heteroatoms. The number of rotatable bonds is 5. The van der Waals surface area contributed by atoms with Crippen molar-refractivity contribution >= 4 is 18.7 Å². The van der Waals surface area contributed by atoms with Crippen molar-refractivity contribution in [3.05, 3.63) is 84.5 Å². The van der Waals surface area contributed by atoms with Gasteiger partial charge in [-0.2, -0.15) is 0 Å². The molecule has 0 aliphatic heterocycles. The van der Waals surface area contributed by atoms with Gasteiger partial charge in [0.1, 0.15) is 0 Å². The number of hydrogen-bond donors (Lipinski definition) is 1. The van der Waals surface area contributed by atoms with E-state index in [1.807, 2.05) is 6.08 Å². The summed E-state index contributed by atoms with van der Waals surface area (Å²) in [4.78, 5) is 0. The zero-order chi connectivity index (χ0) is 20.2. The van der Waals surface area contributed by atoms with E-state index in [9.17, 15) is 5.11 Å². The van der Waals surface area contributed by atoms with E-state index >= 15 is 0 Å². The summed E-state index contributed by atoms with van der Waals surface area (Å²) in [5.41, 5.74) is 2.45. The normalized spacial score (nSPS) is 19.8. The van der Waals surface area contributed by atoms with Crippen molar-refractivity contribution in [1.82, 2.24) is 0 Å². The lowest BCUT2D eigenvalue weighted by atomic mass is 9.89. The Morgan fingerprint density at radius 1 is 1.00 bits per heavy atom. The topological polar surface area (TPSA) is 29.5 Å². The Hall–Kier alpha value is -1.94. The van der Waals surface area contributed by atoms with E-state index in [1.165, 1.54) is 21.5 Å². The number of aliphatic hydroxyl groups excluding tert-OH is 1. The molecule has 28 heavy (non-hydrogen) atoms. The molecule has 0 amide bonds. The second-order valence-corrected chi connectivity index (χ2v) is 12.9. The molecule has 3 rings (SSSR count). The SMILES string of the molecule is C=C1CC/C(=C\CO)C[C@H]1O[Si](c1ccccc1)(c1ccccc1)C(C)(C)C. The summed E-state index contributed by atoms with van der Waals surface area (Å²) in [7, 11) is -2.58. The van der Waals surface area contributed by atoms with Crippen molar-refractivity contribution in [2.24, 2.45) is 0 Å². The van der Waals surface area contributed by atoms with Gasteiger partial charge in [-0.05, 0) is 40.2 Å². The molecule has 1 atom stereocenters. The molecule has 0 aromatic heterocycles. The molecule has 2 nitrogen and oxygen atoms in total. The van der Waals surface area contributed by atoms with E-state index < -0.39 is 8.32 Å². The third kappa shape index (κ3) is 4.07. The van der Waals surface area contributed by atoms with E-state index in [0.717, 1.165) is 19.3 Å². The average molecular weight is 393 g/mol. The number of aliphatic hydroxyl groups is 1. The Bertz CT molecular complexity index is 779. The van der Waals surface area contributed by atoms with Crippen LogP contribution in [0.5, 0.6) is 0 Å². The van der Waals surface area contributed by atoms with Crippen LogP contribution in [0.15, 0.2) is 84.5 Å². The fourth-order valence-corrected chi connectivity index (χ4v) is 9.00. The smallest absolute Gasteiger partial charge is 0.261 e. The quantitative estimate of drug-likeness (QED) is 0.596. The standard InChI is InChI=1S/C25H32O2Si/c1-20-15-16-21(17-18-26)19-24(20)27-28(25(2,3)4,22-11-7-5-8-12-22)23-13-9-6-10-14-23/h5-14,17,24,26H,1,15-16,18-19H2,2-4H3/b21-17+/t24-/m1/s1. The molecule has 1 aliphatic rings. The average Bonchev–Trinajstić information content (AvgIpc) is 2.69. The highest BCUT2D eigenvalue weighted by Crippen LogP contribution is 2.40. The number of hydrogen-bond acceptors (Lipinski definition) is 2. The molecular weight excluding hydrogens is 360 g/mol. The van der Waals surface area contributed by atoms with Gasteiger partial charge in [0.15, 0.2) is 0 Å². The van der Waals surface area contributed by atoms with Gasteiger partial charge in [-0.15, -0.1) is 0 Å². The first kappa shape index (κ1) is 20.8. The molecule has 0 unspecified atom stereocenters. The van der Waals surface area contributed by atoms with Crippen LogP contribution in [0.4, 0.5) is 0 Å². The molecule has 148 valence electrons. The summed E-state index contributed by atoms with van der Waals surface area (Å²) in [6, 6.07) is 21.5. The van der Waals surface area contributed by atoms with Gasteiger partial charge in [0.2, 0.25) is 0 Å². The molecule has 0 bridgehead atoms. The van der Waals surface area contributed by atoms with Gasteiger partial charge in [0.25, 0.3) is 8.32 Å². The van der Waals surface area contributed by atoms with Crippen molar-refractivity contribution in [2.75, 3.05) is 6.61 Å². The van der Waals surface area contributed by atoms with Crippen LogP contribution in [0, 0.1) is 0 Å². The molecule has 1 saturated carbocycles. The molecule has 1 fully saturated rings. The molecule has 0 spiro atoms. The predicted molar refractivity (Wildman–Crippen MR) is 121 cm³/mol. The van der Waals surface area contributed by atoms with Gasteiger partial charge >= 0.3 is 0 Å². The minimum atomic E-state index is -2.58. The Kier molecular flexibility index (Phi) is 6.39. The van der Waals surface area contributed by atoms with Gasteiger partial charge in [-0.25, -0.2) is 0 Å². The largest absolute Gasteiger partial charge is 0.400 e. The molecule has 1 N–H and O–H groups in total. The molecule has 0 radical (unpaired) electrons. The zero-order valence-electron chi connectivity index (χ0n) is 17.3. The second kappa shape index (κ2) is 8.60. The fourth-order valence-electron chi connectivity index (χ4n) is 4.31. The zero-order valence-corrected chi connectivity index (χ0v) is 18.3. The summed E-state index contributed by atoms with van der Waals surface area (Å²) in [6.45, 7) is 11.3. The highest BCUT2D eigenvalue weighted by atomic mass is 28.4. The van der Waals surface area contributed by atoms with Crippen LogP contribution in [0.2, 0.25) is 5.04 Å². The summed E-state index contributed by atoms with van der Waals surface area (Å²) in [5.74, 6) is 0. The first-order chi connectivity index (χ1) is 13.4. The Morgan fingerprint density at radius 2 is 1.54 bits per heavy atom. The highest BCUT2D eigenvalue weighted by molar-refractivity contribution is 6.99. The van der Waals surface area contributed by atoms with E-state index in [0.29, 0.717) is 0 Å². The lowest BCUT2D eigenvalue weighted by Crippen LogP contribution is -2.68. The molecule has 2 aromatic carbocycles. The van der Waals surface area contributed by atoms with Crippen molar-refractivity contribution < 1.29 is 9.53 Å². The molecular formula is C25H32O2Si. The lowest BCUT2D eigenvalue weighted by molar-refractivity contribution is 0.208. The summed E-state index contributed by atoms with van der Waals surface area (Å²) in [6.07, 6.45) is 4.64. The van der Waals surface area contributed by atoms with E-state index in [4.69, 9.17) is 4.43 Å². The minimum Gasteiger partial charge on any atom is -0.400 e. The summed E-state index contributed by atoms with van der Waals surface area (Å²) < 4.78 is 7.22. The Balaban J connectivity index is 2.13. The second-order valence-electron chi connectivity index (χ2n) is 8.68. The molecule has 0 saturated heterocycles. The van der Waals surface area contributed by atoms with Gasteiger partial charge in [0.05, 0.1) is 12.7 Å². The maximum absolute atomic E-state index is 9.36. The predicted octanol–water partition coefficient (Wildman–Crippen LogP) is 4.59. The van der Waals surface area contributed by atoms with Gasteiger partial charge < -0.3 is 9.53 Å². The van der Waals surface area contributed by atoms with Crippen molar-refractivity contribution in [1.29, 1.82) is 0 Å².